The summed E-state index contributed by atoms with van der Waals surface area (Å²) in [6, 6.07) is 9.93. The maximum Gasteiger partial charge on any atom is 0.233 e. The second kappa shape index (κ2) is 5.13. The van der Waals surface area contributed by atoms with Crippen LogP contribution in [0.5, 0.6) is 0 Å². The lowest BCUT2D eigenvalue weighted by Gasteiger charge is -2.06. The average molecular weight is 299 g/mol. The predicted octanol–water partition coefficient (Wildman–Crippen LogP) is 2.48. The van der Waals surface area contributed by atoms with E-state index < -0.39 is 6.10 Å². The molecule has 1 aliphatic heterocycles. The molecule has 3 heterocycles. The molecule has 1 N–H and O–H groups in total. The van der Waals surface area contributed by atoms with E-state index in [2.05, 4.69) is 15.1 Å². The molecule has 1 aliphatic rings. The van der Waals surface area contributed by atoms with Crippen LogP contribution in [0.2, 0.25) is 0 Å². The van der Waals surface area contributed by atoms with Crippen molar-refractivity contribution >= 4 is 22.5 Å². The molecule has 21 heavy (non-hydrogen) atoms. The van der Waals surface area contributed by atoms with E-state index in [4.69, 9.17) is 4.52 Å². The molecule has 3 aromatic rings. The van der Waals surface area contributed by atoms with Gasteiger partial charge in [0.15, 0.2) is 0 Å². The van der Waals surface area contributed by atoms with Crippen LogP contribution in [-0.2, 0) is 0 Å². The second-order valence-electron chi connectivity index (χ2n) is 5.05. The van der Waals surface area contributed by atoms with Crippen molar-refractivity contribution in [1.82, 2.24) is 15.1 Å². The monoisotopic (exact) mass is 299 g/mol. The third-order valence-corrected chi connectivity index (χ3v) is 4.87. The number of hydrogen-bond donors (Lipinski definition) is 1. The number of aliphatic hydroxyl groups excluding tert-OH is 1. The normalized spacial score (nSPS) is 22.0. The van der Waals surface area contributed by atoms with Crippen LogP contribution in [0.4, 0.5) is 0 Å². The molecule has 2 unspecified atom stereocenters. The van der Waals surface area contributed by atoms with Crippen molar-refractivity contribution in [2.75, 3.05) is 11.5 Å². The average Bonchev–Trinajstić information content (AvgIpc) is 3.15. The summed E-state index contributed by atoms with van der Waals surface area (Å²) in [7, 11) is 0. The summed E-state index contributed by atoms with van der Waals surface area (Å²) in [6.45, 7) is 0. The maximum absolute atomic E-state index is 9.93. The fourth-order valence-electron chi connectivity index (χ4n) is 2.56. The van der Waals surface area contributed by atoms with Crippen LogP contribution in [0.3, 0.4) is 0 Å². The molecule has 106 valence electrons. The van der Waals surface area contributed by atoms with Gasteiger partial charge < -0.3 is 9.63 Å². The van der Waals surface area contributed by atoms with Crippen molar-refractivity contribution in [3.8, 4) is 11.5 Å². The minimum Gasteiger partial charge on any atom is -0.391 e. The van der Waals surface area contributed by atoms with Gasteiger partial charge >= 0.3 is 0 Å². The van der Waals surface area contributed by atoms with Crippen LogP contribution < -0.4 is 0 Å². The highest BCUT2D eigenvalue weighted by molar-refractivity contribution is 7.99. The number of aliphatic hydroxyl groups is 1. The second-order valence-corrected chi connectivity index (χ2v) is 6.12. The molecule has 5 nitrogen and oxygen atoms in total. The molecular weight excluding hydrogens is 286 g/mol. The third kappa shape index (κ3) is 2.20. The van der Waals surface area contributed by atoms with Crippen LogP contribution in [0.15, 0.2) is 41.1 Å². The molecule has 0 saturated carbocycles. The molecule has 0 amide bonds. The van der Waals surface area contributed by atoms with Crippen molar-refractivity contribution in [2.24, 2.45) is 0 Å². The van der Waals surface area contributed by atoms with Gasteiger partial charge in [-0.3, -0.25) is 4.98 Å². The number of nitrogens with zero attached hydrogens (tertiary/aromatic N) is 3. The van der Waals surface area contributed by atoms with Crippen LogP contribution >= 0.6 is 11.8 Å². The zero-order valence-corrected chi connectivity index (χ0v) is 12.0. The Kier molecular flexibility index (Phi) is 3.12. The number of benzene rings is 1. The fraction of sp³-hybridized carbons (Fsp3) is 0.267. The molecule has 0 aliphatic carbocycles. The third-order valence-electron chi connectivity index (χ3n) is 3.69. The summed E-state index contributed by atoms with van der Waals surface area (Å²) in [5.41, 5.74) is 0.711. The highest BCUT2D eigenvalue weighted by atomic mass is 32.2. The minimum absolute atomic E-state index is 0.0776. The van der Waals surface area contributed by atoms with E-state index in [0.717, 1.165) is 22.3 Å². The number of pyridine rings is 1. The molecule has 6 heteroatoms. The van der Waals surface area contributed by atoms with Gasteiger partial charge in [0, 0.05) is 23.1 Å². The van der Waals surface area contributed by atoms with E-state index in [0.29, 0.717) is 17.4 Å². The minimum atomic E-state index is -0.413. The maximum atomic E-state index is 9.93. The Morgan fingerprint density at radius 1 is 1.19 bits per heavy atom. The van der Waals surface area contributed by atoms with Crippen LogP contribution in [0.1, 0.15) is 11.8 Å². The number of hydrogen-bond acceptors (Lipinski definition) is 6. The number of aromatic nitrogens is 3. The van der Waals surface area contributed by atoms with Gasteiger partial charge in [0.05, 0.1) is 12.0 Å². The van der Waals surface area contributed by atoms with Crippen molar-refractivity contribution in [2.45, 2.75) is 12.0 Å². The Morgan fingerprint density at radius 2 is 2.10 bits per heavy atom. The van der Waals surface area contributed by atoms with Gasteiger partial charge in [-0.15, -0.1) is 0 Å². The standard InChI is InChI=1S/C15H13N3O2S/c19-12-8-21-7-11(12)15-17-14(18-20-15)13-10-4-2-1-3-9(10)5-6-16-13/h1-6,11-12,19H,7-8H2. The molecule has 0 radical (unpaired) electrons. The highest BCUT2D eigenvalue weighted by Gasteiger charge is 2.32. The quantitative estimate of drug-likeness (QED) is 0.784. The van der Waals surface area contributed by atoms with Gasteiger partial charge in [0.1, 0.15) is 5.69 Å². The Morgan fingerprint density at radius 3 is 2.95 bits per heavy atom. The van der Waals surface area contributed by atoms with Crippen molar-refractivity contribution in [3.63, 3.8) is 0 Å². The summed E-state index contributed by atoms with van der Waals surface area (Å²) < 4.78 is 5.35. The lowest BCUT2D eigenvalue weighted by molar-refractivity contribution is 0.164. The topological polar surface area (TPSA) is 72.0 Å². The van der Waals surface area contributed by atoms with Crippen molar-refractivity contribution in [3.05, 3.63) is 42.4 Å². The first kappa shape index (κ1) is 12.8. The summed E-state index contributed by atoms with van der Waals surface area (Å²) in [5, 5.41) is 16.1. The fourth-order valence-corrected chi connectivity index (χ4v) is 3.79. The summed E-state index contributed by atoms with van der Waals surface area (Å²) >= 11 is 1.70. The van der Waals surface area contributed by atoms with Gasteiger partial charge in [0.2, 0.25) is 11.7 Å². The molecule has 4 rings (SSSR count). The summed E-state index contributed by atoms with van der Waals surface area (Å²) in [4.78, 5) is 8.83. The van der Waals surface area contributed by atoms with E-state index in [1.165, 1.54) is 0 Å². The van der Waals surface area contributed by atoms with Crippen molar-refractivity contribution in [1.29, 1.82) is 0 Å². The predicted molar refractivity (Wildman–Crippen MR) is 81.1 cm³/mol. The van der Waals surface area contributed by atoms with E-state index in [1.807, 2.05) is 30.3 Å². The van der Waals surface area contributed by atoms with Crippen molar-refractivity contribution < 1.29 is 9.63 Å². The Labute approximate surface area is 125 Å². The highest BCUT2D eigenvalue weighted by Crippen LogP contribution is 2.33. The van der Waals surface area contributed by atoms with Gasteiger partial charge in [0.25, 0.3) is 0 Å². The van der Waals surface area contributed by atoms with Gasteiger partial charge in [-0.05, 0) is 11.5 Å². The van der Waals surface area contributed by atoms with Crippen LogP contribution in [0, 0.1) is 0 Å². The molecule has 1 fully saturated rings. The molecular formula is C15H13N3O2S. The zero-order chi connectivity index (χ0) is 14.2. The van der Waals surface area contributed by atoms with E-state index >= 15 is 0 Å². The summed E-state index contributed by atoms with van der Waals surface area (Å²) in [6.07, 6.45) is 1.33. The molecule has 1 aromatic carbocycles. The molecule has 0 bridgehead atoms. The lowest BCUT2D eigenvalue weighted by atomic mass is 10.1. The first-order chi connectivity index (χ1) is 10.3. The first-order valence-electron chi connectivity index (χ1n) is 6.76. The van der Waals surface area contributed by atoms with Gasteiger partial charge in [-0.2, -0.15) is 16.7 Å². The van der Waals surface area contributed by atoms with E-state index in [1.54, 1.807) is 18.0 Å². The van der Waals surface area contributed by atoms with Crippen LogP contribution in [0.25, 0.3) is 22.3 Å². The van der Waals surface area contributed by atoms with E-state index in [-0.39, 0.29) is 5.92 Å². The number of thioether (sulfide) groups is 1. The number of rotatable bonds is 2. The van der Waals surface area contributed by atoms with Gasteiger partial charge in [-0.1, -0.05) is 29.4 Å². The van der Waals surface area contributed by atoms with E-state index in [9.17, 15) is 5.11 Å². The zero-order valence-electron chi connectivity index (χ0n) is 11.1. The Hall–Kier alpha value is -1.92. The lowest BCUT2D eigenvalue weighted by Crippen LogP contribution is -2.15. The smallest absolute Gasteiger partial charge is 0.233 e. The molecule has 1 saturated heterocycles. The Bertz CT molecular complexity index is 784. The molecule has 2 atom stereocenters. The largest absolute Gasteiger partial charge is 0.391 e. The first-order valence-corrected chi connectivity index (χ1v) is 7.92. The molecule has 2 aromatic heterocycles. The Balaban J connectivity index is 1.78. The van der Waals surface area contributed by atoms with Crippen LogP contribution in [-0.4, -0.2) is 37.8 Å². The molecule has 0 spiro atoms. The van der Waals surface area contributed by atoms with Gasteiger partial charge in [-0.25, -0.2) is 0 Å². The SMILES string of the molecule is OC1CSCC1c1nc(-c2nccc3ccccc23)no1. The summed E-state index contributed by atoms with van der Waals surface area (Å²) in [5.74, 6) is 2.43. The number of fused-ring (bicyclic) bond motifs is 1.